The van der Waals surface area contributed by atoms with Crippen LogP contribution in [0, 0.1) is 40.8 Å². The van der Waals surface area contributed by atoms with E-state index in [1.54, 1.807) is 12.1 Å². The van der Waals surface area contributed by atoms with Crippen molar-refractivity contribution in [2.45, 2.75) is 0 Å². The third kappa shape index (κ3) is 2.61. The average molecular weight is 211 g/mol. The molecule has 0 amide bonds. The lowest BCUT2D eigenvalue weighted by Crippen LogP contribution is -1.94. The first-order valence-corrected chi connectivity index (χ1v) is 4.24. The monoisotopic (exact) mass is 211 g/mol. The van der Waals surface area contributed by atoms with Crippen molar-refractivity contribution >= 4 is 5.69 Å². The Balaban J connectivity index is 3.01. The second-order valence-corrected chi connectivity index (χ2v) is 2.76. The van der Waals surface area contributed by atoms with Crippen LogP contribution in [-0.2, 0) is 0 Å². The van der Waals surface area contributed by atoms with Crippen molar-refractivity contribution in [1.29, 1.82) is 10.5 Å². The van der Waals surface area contributed by atoms with Crippen LogP contribution in [0.4, 0.5) is 10.1 Å². The number of allylic oxidation sites excluding steroid dienone is 1. The molecule has 76 valence electrons. The van der Waals surface area contributed by atoms with Crippen molar-refractivity contribution in [2.24, 2.45) is 0 Å². The maximum absolute atomic E-state index is 12.8. The first-order valence-electron chi connectivity index (χ1n) is 4.24. The number of benzene rings is 1. The standard InChI is InChI=1S/C12H6FN3/c1-2-10-5-11(13)3-4-12(10)16-8-9(6-14)7-15/h1,3-5,8,16H. The third-order valence-electron chi connectivity index (χ3n) is 1.75. The van der Waals surface area contributed by atoms with Crippen LogP contribution in [-0.4, -0.2) is 0 Å². The second-order valence-electron chi connectivity index (χ2n) is 2.76. The number of halogens is 1. The Kier molecular flexibility index (Phi) is 3.67. The zero-order valence-electron chi connectivity index (χ0n) is 8.16. The average Bonchev–Trinajstić information content (AvgIpc) is 2.31. The zero-order valence-corrected chi connectivity index (χ0v) is 8.16. The fourth-order valence-corrected chi connectivity index (χ4v) is 1.00. The molecule has 0 heterocycles. The molecule has 0 aliphatic rings. The van der Waals surface area contributed by atoms with E-state index in [2.05, 4.69) is 11.2 Å². The van der Waals surface area contributed by atoms with E-state index in [1.807, 2.05) is 0 Å². The topological polar surface area (TPSA) is 59.6 Å². The highest BCUT2D eigenvalue weighted by atomic mass is 19.1. The van der Waals surface area contributed by atoms with Gasteiger partial charge >= 0.3 is 0 Å². The van der Waals surface area contributed by atoms with E-state index in [0.29, 0.717) is 11.3 Å². The van der Waals surface area contributed by atoms with Crippen molar-refractivity contribution < 1.29 is 4.39 Å². The summed E-state index contributed by atoms with van der Waals surface area (Å²) in [6.45, 7) is 0. The lowest BCUT2D eigenvalue weighted by Gasteiger charge is -2.03. The van der Waals surface area contributed by atoms with Gasteiger partial charge in [0, 0.05) is 6.20 Å². The molecule has 1 rings (SSSR count). The predicted octanol–water partition coefficient (Wildman–Crippen LogP) is 2.15. The van der Waals surface area contributed by atoms with Gasteiger partial charge in [0.2, 0.25) is 0 Å². The molecule has 1 aromatic carbocycles. The number of hydrogen-bond donors (Lipinski definition) is 1. The summed E-state index contributed by atoms with van der Waals surface area (Å²) in [5, 5.41) is 19.7. The van der Waals surface area contributed by atoms with Crippen LogP contribution in [0.15, 0.2) is 30.0 Å². The molecule has 4 heteroatoms. The fraction of sp³-hybridized carbons (Fsp3) is 0. The summed E-state index contributed by atoms with van der Waals surface area (Å²) in [5.74, 6) is 1.86. The Bertz CT molecular complexity index is 537. The molecule has 0 unspecified atom stereocenters. The van der Waals surface area contributed by atoms with Crippen LogP contribution >= 0.6 is 0 Å². The van der Waals surface area contributed by atoms with Crippen LogP contribution < -0.4 is 5.32 Å². The summed E-state index contributed by atoms with van der Waals surface area (Å²) in [7, 11) is 0. The number of hydrogen-bond acceptors (Lipinski definition) is 3. The van der Waals surface area contributed by atoms with Gasteiger partial charge < -0.3 is 5.32 Å². The molecule has 0 aromatic heterocycles. The van der Waals surface area contributed by atoms with E-state index in [1.165, 1.54) is 24.4 Å². The fourth-order valence-electron chi connectivity index (χ4n) is 1.00. The van der Waals surface area contributed by atoms with Crippen LogP contribution in [0.2, 0.25) is 0 Å². The van der Waals surface area contributed by atoms with E-state index < -0.39 is 5.82 Å². The maximum Gasteiger partial charge on any atom is 0.145 e. The highest BCUT2D eigenvalue weighted by molar-refractivity contribution is 5.60. The van der Waals surface area contributed by atoms with Crippen molar-refractivity contribution in [3.63, 3.8) is 0 Å². The molecule has 0 saturated carbocycles. The van der Waals surface area contributed by atoms with E-state index >= 15 is 0 Å². The number of nitrogens with zero attached hydrogens (tertiary/aromatic N) is 2. The van der Waals surface area contributed by atoms with Gasteiger partial charge in [-0.05, 0) is 18.2 Å². The zero-order chi connectivity index (χ0) is 12.0. The Morgan fingerprint density at radius 2 is 2.06 bits per heavy atom. The smallest absolute Gasteiger partial charge is 0.145 e. The molecule has 1 N–H and O–H groups in total. The molecule has 0 aliphatic heterocycles. The van der Waals surface area contributed by atoms with Gasteiger partial charge in [0.05, 0.1) is 11.3 Å². The van der Waals surface area contributed by atoms with Gasteiger partial charge in [0.25, 0.3) is 0 Å². The first kappa shape index (κ1) is 11.3. The van der Waals surface area contributed by atoms with Crippen LogP contribution in [0.3, 0.4) is 0 Å². The molecule has 1 aromatic rings. The van der Waals surface area contributed by atoms with E-state index in [0.717, 1.165) is 0 Å². The highest BCUT2D eigenvalue weighted by Crippen LogP contribution is 2.16. The number of anilines is 1. The molecule has 0 saturated heterocycles. The Morgan fingerprint density at radius 1 is 1.38 bits per heavy atom. The summed E-state index contributed by atoms with van der Waals surface area (Å²) >= 11 is 0. The maximum atomic E-state index is 12.8. The quantitative estimate of drug-likeness (QED) is 0.602. The highest BCUT2D eigenvalue weighted by Gasteiger charge is 2.00. The summed E-state index contributed by atoms with van der Waals surface area (Å²) in [4.78, 5) is 0. The first-order chi connectivity index (χ1) is 7.71. The van der Waals surface area contributed by atoms with Gasteiger partial charge in [-0.15, -0.1) is 6.42 Å². The van der Waals surface area contributed by atoms with E-state index in [4.69, 9.17) is 16.9 Å². The summed E-state index contributed by atoms with van der Waals surface area (Å²) < 4.78 is 12.8. The van der Waals surface area contributed by atoms with Crippen molar-refractivity contribution in [3.8, 4) is 24.5 Å². The molecule has 0 aliphatic carbocycles. The molecule has 0 bridgehead atoms. The summed E-state index contributed by atoms with van der Waals surface area (Å²) in [6.07, 6.45) is 6.40. The Labute approximate surface area is 92.4 Å². The van der Waals surface area contributed by atoms with Crippen molar-refractivity contribution in [3.05, 3.63) is 41.4 Å². The number of rotatable bonds is 2. The van der Waals surface area contributed by atoms with Gasteiger partial charge in [0.15, 0.2) is 0 Å². The van der Waals surface area contributed by atoms with Gasteiger partial charge in [-0.1, -0.05) is 5.92 Å². The van der Waals surface area contributed by atoms with Gasteiger partial charge in [-0.25, -0.2) is 4.39 Å². The minimum atomic E-state index is -0.441. The Hall–Kier alpha value is -2.77. The van der Waals surface area contributed by atoms with Crippen molar-refractivity contribution in [2.75, 3.05) is 5.32 Å². The SMILES string of the molecule is C#Cc1cc(F)ccc1NC=C(C#N)C#N. The van der Waals surface area contributed by atoms with Crippen LogP contribution in [0.1, 0.15) is 5.56 Å². The van der Waals surface area contributed by atoms with E-state index in [9.17, 15) is 4.39 Å². The number of terminal acetylenes is 1. The lowest BCUT2D eigenvalue weighted by molar-refractivity contribution is 0.627. The van der Waals surface area contributed by atoms with Crippen LogP contribution in [0.25, 0.3) is 0 Å². The molecule has 0 atom stereocenters. The summed E-state index contributed by atoms with van der Waals surface area (Å²) in [5.41, 5.74) is 0.700. The van der Waals surface area contributed by atoms with Gasteiger partial charge in [-0.2, -0.15) is 10.5 Å². The summed E-state index contributed by atoms with van der Waals surface area (Å²) in [6, 6.07) is 7.22. The number of nitrogens with one attached hydrogen (secondary N) is 1. The van der Waals surface area contributed by atoms with E-state index in [-0.39, 0.29) is 5.57 Å². The van der Waals surface area contributed by atoms with Gasteiger partial charge in [0.1, 0.15) is 23.5 Å². The molecule has 0 spiro atoms. The molecular formula is C12H6FN3. The molecular weight excluding hydrogens is 205 g/mol. The third-order valence-corrected chi connectivity index (χ3v) is 1.75. The lowest BCUT2D eigenvalue weighted by atomic mass is 10.2. The predicted molar refractivity (Wildman–Crippen MR) is 57.3 cm³/mol. The normalized spacial score (nSPS) is 8.12. The largest absolute Gasteiger partial charge is 0.359 e. The second kappa shape index (κ2) is 5.20. The Morgan fingerprint density at radius 3 is 2.62 bits per heavy atom. The molecule has 16 heavy (non-hydrogen) atoms. The molecule has 0 fully saturated rings. The molecule has 0 radical (unpaired) electrons. The van der Waals surface area contributed by atoms with Crippen LogP contribution in [0.5, 0.6) is 0 Å². The molecule has 3 nitrogen and oxygen atoms in total. The van der Waals surface area contributed by atoms with Gasteiger partial charge in [-0.3, -0.25) is 0 Å². The minimum absolute atomic E-state index is 0.0905. The van der Waals surface area contributed by atoms with Crippen molar-refractivity contribution in [1.82, 2.24) is 0 Å². The minimum Gasteiger partial charge on any atom is -0.359 e. The number of nitriles is 2.